The van der Waals surface area contributed by atoms with Gasteiger partial charge < -0.3 is 15.5 Å². The van der Waals surface area contributed by atoms with E-state index in [9.17, 15) is 9.59 Å². The minimum Gasteiger partial charge on any atom is -0.334 e. The number of amides is 3. The van der Waals surface area contributed by atoms with Gasteiger partial charge in [-0.3, -0.25) is 4.79 Å². The summed E-state index contributed by atoms with van der Waals surface area (Å²) in [6, 6.07) is 26.4. The number of hydrogen-bond donors (Lipinski definition) is 2. The van der Waals surface area contributed by atoms with E-state index in [2.05, 4.69) is 15.6 Å². The van der Waals surface area contributed by atoms with Gasteiger partial charge in [-0.05, 0) is 11.6 Å². The number of carbonyl (C=O) groups excluding carboxylic acids is 2. The van der Waals surface area contributed by atoms with Crippen molar-refractivity contribution in [3.63, 3.8) is 0 Å². The molecule has 0 aromatic heterocycles. The first-order valence-corrected chi connectivity index (χ1v) is 9.72. The lowest BCUT2D eigenvalue weighted by molar-refractivity contribution is -0.119. The summed E-state index contributed by atoms with van der Waals surface area (Å²) in [5, 5.41) is 5.50. The summed E-state index contributed by atoms with van der Waals surface area (Å²) in [7, 11) is 1.70. The molecule has 1 aliphatic heterocycles. The number of likely N-dealkylation sites (N-methyl/N-ethyl adjacent to an activating group) is 1. The number of urea groups is 1. The molecular formula is C24H22N4O2. The van der Waals surface area contributed by atoms with Crippen LogP contribution >= 0.6 is 0 Å². The second kappa shape index (κ2) is 8.61. The van der Waals surface area contributed by atoms with Crippen LogP contribution < -0.4 is 15.5 Å². The summed E-state index contributed by atoms with van der Waals surface area (Å²) in [6.45, 7) is 0.360. The maximum atomic E-state index is 13.1. The van der Waals surface area contributed by atoms with Crippen molar-refractivity contribution in [2.45, 2.75) is 12.7 Å². The van der Waals surface area contributed by atoms with Gasteiger partial charge >= 0.3 is 6.03 Å². The summed E-state index contributed by atoms with van der Waals surface area (Å²) < 4.78 is 0. The predicted molar refractivity (Wildman–Crippen MR) is 118 cm³/mol. The molecule has 3 aromatic carbocycles. The van der Waals surface area contributed by atoms with Crippen LogP contribution in [0.3, 0.4) is 0 Å². The Morgan fingerprint density at radius 2 is 1.57 bits per heavy atom. The van der Waals surface area contributed by atoms with Gasteiger partial charge in [-0.1, -0.05) is 78.9 Å². The quantitative estimate of drug-likeness (QED) is 0.708. The van der Waals surface area contributed by atoms with Crippen LogP contribution in [0.5, 0.6) is 0 Å². The fourth-order valence-electron chi connectivity index (χ4n) is 3.40. The zero-order chi connectivity index (χ0) is 20.9. The van der Waals surface area contributed by atoms with E-state index in [1.165, 1.54) is 4.90 Å². The van der Waals surface area contributed by atoms with Crippen molar-refractivity contribution in [2.75, 3.05) is 11.9 Å². The fourth-order valence-corrected chi connectivity index (χ4v) is 3.40. The van der Waals surface area contributed by atoms with Crippen LogP contribution in [-0.4, -0.2) is 30.9 Å². The third-order valence-electron chi connectivity index (χ3n) is 4.95. The summed E-state index contributed by atoms with van der Waals surface area (Å²) >= 11 is 0. The maximum absolute atomic E-state index is 13.1. The molecule has 1 heterocycles. The second-order valence-corrected chi connectivity index (χ2v) is 6.97. The van der Waals surface area contributed by atoms with Crippen molar-refractivity contribution < 1.29 is 9.59 Å². The van der Waals surface area contributed by atoms with E-state index in [-0.39, 0.29) is 5.91 Å². The molecule has 3 amide bonds. The lowest BCUT2D eigenvalue weighted by Crippen LogP contribution is -2.49. The number of anilines is 1. The lowest BCUT2D eigenvalue weighted by atomic mass is 10.0. The van der Waals surface area contributed by atoms with E-state index in [0.717, 1.165) is 22.4 Å². The molecule has 0 fully saturated rings. The van der Waals surface area contributed by atoms with E-state index in [0.29, 0.717) is 12.3 Å². The third kappa shape index (κ3) is 4.07. The number of carbonyl (C=O) groups is 2. The molecule has 2 N–H and O–H groups in total. The summed E-state index contributed by atoms with van der Waals surface area (Å²) in [4.78, 5) is 31.8. The van der Waals surface area contributed by atoms with Gasteiger partial charge in [0, 0.05) is 24.7 Å². The topological polar surface area (TPSA) is 73.8 Å². The highest BCUT2D eigenvalue weighted by Gasteiger charge is 2.30. The minimum absolute atomic E-state index is 0.303. The van der Waals surface area contributed by atoms with Gasteiger partial charge in [-0.2, -0.15) is 0 Å². The highest BCUT2D eigenvalue weighted by atomic mass is 16.2. The molecule has 0 aliphatic carbocycles. The van der Waals surface area contributed by atoms with Crippen molar-refractivity contribution in [3.05, 3.63) is 102 Å². The average molecular weight is 398 g/mol. The Labute approximate surface area is 175 Å². The van der Waals surface area contributed by atoms with Crippen LogP contribution in [0.15, 0.2) is 89.9 Å². The van der Waals surface area contributed by atoms with E-state index >= 15 is 0 Å². The van der Waals surface area contributed by atoms with E-state index in [1.54, 1.807) is 7.05 Å². The van der Waals surface area contributed by atoms with Crippen LogP contribution in [0.2, 0.25) is 0 Å². The van der Waals surface area contributed by atoms with Crippen LogP contribution in [0.25, 0.3) is 0 Å². The number of nitrogens with zero attached hydrogens (tertiary/aromatic N) is 2. The Morgan fingerprint density at radius 1 is 0.933 bits per heavy atom. The van der Waals surface area contributed by atoms with Gasteiger partial charge in [-0.15, -0.1) is 0 Å². The SMILES string of the molecule is CN1C(=O)C(NC(=O)NCc2ccccc2)N=C(c2ccccc2)c2ccccc21. The molecule has 0 saturated carbocycles. The van der Waals surface area contributed by atoms with Crippen LogP contribution in [-0.2, 0) is 11.3 Å². The highest BCUT2D eigenvalue weighted by Crippen LogP contribution is 2.27. The minimum atomic E-state index is -1.03. The fraction of sp³-hybridized carbons (Fsp3) is 0.125. The van der Waals surface area contributed by atoms with Gasteiger partial charge in [0.05, 0.1) is 11.4 Å². The van der Waals surface area contributed by atoms with Gasteiger partial charge in [0.1, 0.15) is 0 Å². The number of aliphatic imine (C=N–C) groups is 1. The monoisotopic (exact) mass is 398 g/mol. The molecule has 0 saturated heterocycles. The summed E-state index contributed by atoms with van der Waals surface area (Å²) in [6.07, 6.45) is -1.03. The number of hydrogen-bond acceptors (Lipinski definition) is 3. The van der Waals surface area contributed by atoms with Gasteiger partial charge in [0.2, 0.25) is 6.17 Å². The van der Waals surface area contributed by atoms with Crippen LogP contribution in [0.1, 0.15) is 16.7 Å². The molecule has 0 spiro atoms. The number of rotatable bonds is 4. The molecule has 1 aliphatic rings. The Hall–Kier alpha value is -3.93. The third-order valence-corrected chi connectivity index (χ3v) is 4.95. The average Bonchev–Trinajstić information content (AvgIpc) is 2.90. The largest absolute Gasteiger partial charge is 0.334 e. The first kappa shape index (κ1) is 19.4. The van der Waals surface area contributed by atoms with Crippen LogP contribution in [0, 0.1) is 0 Å². The Balaban J connectivity index is 1.62. The van der Waals surface area contributed by atoms with Crippen molar-refractivity contribution in [1.29, 1.82) is 0 Å². The predicted octanol–water partition coefficient (Wildman–Crippen LogP) is 3.33. The van der Waals surface area contributed by atoms with Gasteiger partial charge in [-0.25, -0.2) is 9.79 Å². The van der Waals surface area contributed by atoms with Crippen LogP contribution in [0.4, 0.5) is 10.5 Å². The smallest absolute Gasteiger partial charge is 0.317 e. The Morgan fingerprint density at radius 3 is 2.30 bits per heavy atom. The molecule has 4 rings (SSSR count). The molecule has 6 heteroatoms. The molecule has 0 radical (unpaired) electrons. The summed E-state index contributed by atoms with van der Waals surface area (Å²) in [5.41, 5.74) is 4.10. The molecule has 30 heavy (non-hydrogen) atoms. The molecule has 3 aromatic rings. The zero-order valence-corrected chi connectivity index (χ0v) is 16.6. The zero-order valence-electron chi connectivity index (χ0n) is 16.6. The molecule has 1 unspecified atom stereocenters. The molecular weight excluding hydrogens is 376 g/mol. The number of fused-ring (bicyclic) bond motifs is 1. The summed E-state index contributed by atoms with van der Waals surface area (Å²) in [5.74, 6) is -0.303. The second-order valence-electron chi connectivity index (χ2n) is 6.97. The van der Waals surface area contributed by atoms with Crippen molar-refractivity contribution in [1.82, 2.24) is 10.6 Å². The van der Waals surface area contributed by atoms with E-state index < -0.39 is 12.2 Å². The maximum Gasteiger partial charge on any atom is 0.317 e. The van der Waals surface area contributed by atoms with E-state index in [4.69, 9.17) is 0 Å². The first-order chi connectivity index (χ1) is 14.6. The Kier molecular flexibility index (Phi) is 5.57. The van der Waals surface area contributed by atoms with Crippen molar-refractivity contribution >= 4 is 23.3 Å². The number of para-hydroxylation sites is 1. The van der Waals surface area contributed by atoms with Crippen molar-refractivity contribution in [3.8, 4) is 0 Å². The molecule has 150 valence electrons. The lowest BCUT2D eigenvalue weighted by Gasteiger charge is -2.21. The molecule has 6 nitrogen and oxygen atoms in total. The molecule has 1 atom stereocenters. The highest BCUT2D eigenvalue weighted by molar-refractivity contribution is 6.20. The van der Waals surface area contributed by atoms with Gasteiger partial charge in [0.25, 0.3) is 5.91 Å². The number of benzene rings is 3. The number of nitrogens with one attached hydrogen (secondary N) is 2. The Bertz CT molecular complexity index is 1080. The number of benzodiazepines with no additional fused rings is 1. The van der Waals surface area contributed by atoms with Gasteiger partial charge in [0.15, 0.2) is 0 Å². The molecule has 0 bridgehead atoms. The first-order valence-electron chi connectivity index (χ1n) is 9.72. The van der Waals surface area contributed by atoms with E-state index in [1.807, 2.05) is 84.9 Å². The van der Waals surface area contributed by atoms with Crippen molar-refractivity contribution in [2.24, 2.45) is 4.99 Å². The standard InChI is InChI=1S/C24H22N4O2/c1-28-20-15-9-8-14-19(20)21(18-12-6-3-7-13-18)26-22(23(28)29)27-24(30)25-16-17-10-4-2-5-11-17/h2-15,22H,16H2,1H3,(H2,25,27,30). The normalized spacial score (nSPS) is 15.6.